The molecule has 1 heterocycles. The highest BCUT2D eigenvalue weighted by atomic mass is 19.4. The molecule has 9 nitrogen and oxygen atoms in total. The van der Waals surface area contributed by atoms with E-state index in [1.54, 1.807) is 6.07 Å². The van der Waals surface area contributed by atoms with Crippen LogP contribution in [0.5, 0.6) is 0 Å². The van der Waals surface area contributed by atoms with Crippen LogP contribution in [0.4, 0.5) is 17.6 Å². The van der Waals surface area contributed by atoms with Gasteiger partial charge in [0.05, 0.1) is 12.5 Å². The van der Waals surface area contributed by atoms with E-state index >= 15 is 0 Å². The summed E-state index contributed by atoms with van der Waals surface area (Å²) < 4.78 is 45.8. The number of carboxylic acids is 2. The van der Waals surface area contributed by atoms with Crippen LogP contribution in [-0.2, 0) is 22.4 Å². The molecule has 178 valence electrons. The Morgan fingerprint density at radius 3 is 2.31 bits per heavy atom. The highest BCUT2D eigenvalue weighted by Gasteiger charge is 2.33. The number of H-pyrrole nitrogens is 1. The third-order valence-electron chi connectivity index (χ3n) is 4.47. The van der Waals surface area contributed by atoms with Crippen LogP contribution in [0.3, 0.4) is 0 Å². The van der Waals surface area contributed by atoms with Crippen LogP contribution in [0.2, 0.25) is 0 Å². The van der Waals surface area contributed by atoms with Gasteiger partial charge in [-0.05, 0) is 36.0 Å². The van der Waals surface area contributed by atoms with Crippen molar-refractivity contribution in [3.63, 3.8) is 0 Å². The highest BCUT2D eigenvalue weighted by molar-refractivity contribution is 5.71. The minimum Gasteiger partial charge on any atom is -0.542 e. The number of benzene rings is 1. The number of alkyl halides is 3. The smallest absolute Gasteiger partial charge is 0.430 e. The van der Waals surface area contributed by atoms with Crippen molar-refractivity contribution in [2.75, 3.05) is 6.54 Å². The van der Waals surface area contributed by atoms with Gasteiger partial charge in [-0.1, -0.05) is 31.2 Å². The standard InChI is InChI=1S/C17H24FN5O2.C2HF3O2/c1-10(2)7-14(17(24)25)13(16-20-22-23-21-16)8-11-3-4-12(5-6-19)15(18)9-11;3-2(4,5)1(6)7/h3-4,9-10,13-14H,5-8,19H2,1-2H3,(H,24,25)(H,20,21,22,23);(H,6,7)/t13-,14-;/m0./s1. The lowest BCUT2D eigenvalue weighted by molar-refractivity contribution is -0.366. The molecule has 2 rings (SSSR count). The number of aromatic amines is 1. The van der Waals surface area contributed by atoms with Crippen LogP contribution in [0, 0.1) is 17.7 Å². The molecule has 0 radical (unpaired) electrons. The lowest BCUT2D eigenvalue weighted by atomic mass is 9.81. The molecule has 0 saturated carbocycles. The summed E-state index contributed by atoms with van der Waals surface area (Å²) in [4.78, 5) is 20.6. The number of nitrogens with zero attached hydrogens (tertiary/aromatic N) is 3. The second-order valence-electron chi connectivity index (χ2n) is 7.47. The zero-order valence-electron chi connectivity index (χ0n) is 17.5. The van der Waals surface area contributed by atoms with Gasteiger partial charge in [-0.2, -0.15) is 18.4 Å². The average molecular weight is 463 g/mol. The van der Waals surface area contributed by atoms with Gasteiger partial charge in [0.2, 0.25) is 0 Å². The number of carboxylic acid groups (broad SMARTS) is 2. The van der Waals surface area contributed by atoms with Gasteiger partial charge in [0.1, 0.15) is 11.8 Å². The minimum absolute atomic E-state index is 0.201. The van der Waals surface area contributed by atoms with Crippen LogP contribution in [-0.4, -0.2) is 50.4 Å². The molecule has 5 N–H and O–H groups in total. The number of quaternary nitrogens is 1. The molecule has 0 aliphatic carbocycles. The second-order valence-corrected chi connectivity index (χ2v) is 7.47. The van der Waals surface area contributed by atoms with Crippen molar-refractivity contribution in [3.8, 4) is 0 Å². The molecule has 2 atom stereocenters. The highest BCUT2D eigenvalue weighted by Crippen LogP contribution is 2.31. The summed E-state index contributed by atoms with van der Waals surface area (Å²) in [6.45, 7) is 4.56. The Bertz CT molecular complexity index is 875. The molecule has 2 aromatic rings. The molecule has 0 amide bonds. The lowest BCUT2D eigenvalue weighted by Gasteiger charge is -2.23. The molecule has 0 saturated heterocycles. The molecule has 32 heavy (non-hydrogen) atoms. The Labute approximate surface area is 181 Å². The fraction of sp³-hybridized carbons (Fsp3) is 0.526. The number of tetrazole rings is 1. The molecule has 0 fully saturated rings. The number of aliphatic carboxylic acids is 2. The van der Waals surface area contributed by atoms with Crippen LogP contribution in [0.1, 0.15) is 43.1 Å². The fourth-order valence-corrected chi connectivity index (χ4v) is 3.05. The summed E-state index contributed by atoms with van der Waals surface area (Å²) >= 11 is 0. The van der Waals surface area contributed by atoms with Crippen molar-refractivity contribution in [1.82, 2.24) is 20.6 Å². The van der Waals surface area contributed by atoms with E-state index in [4.69, 9.17) is 9.90 Å². The number of aromatic nitrogens is 4. The Balaban J connectivity index is 0.000000633. The fourth-order valence-electron chi connectivity index (χ4n) is 3.05. The SMILES string of the molecule is CC(C)C[C@H](C(=O)O)[C@H](Cc1ccc(CC[NH3+])c(F)c1)c1nn[nH]n1.O=C([O-])C(F)(F)F. The lowest BCUT2D eigenvalue weighted by Crippen LogP contribution is -2.51. The zero-order valence-corrected chi connectivity index (χ0v) is 17.5. The summed E-state index contributed by atoms with van der Waals surface area (Å²) in [5, 5.41) is 32.3. The summed E-state index contributed by atoms with van der Waals surface area (Å²) in [7, 11) is 0. The molecule has 0 unspecified atom stereocenters. The van der Waals surface area contributed by atoms with E-state index in [0.29, 0.717) is 37.2 Å². The predicted octanol–water partition coefficient (Wildman–Crippen LogP) is 0.495. The first-order valence-corrected chi connectivity index (χ1v) is 9.67. The Hall–Kier alpha value is -3.09. The van der Waals surface area contributed by atoms with Crippen molar-refractivity contribution in [1.29, 1.82) is 0 Å². The second kappa shape index (κ2) is 12.1. The van der Waals surface area contributed by atoms with Crippen molar-refractivity contribution in [3.05, 3.63) is 41.0 Å². The number of nitrogens with one attached hydrogen (secondary N) is 1. The van der Waals surface area contributed by atoms with E-state index in [1.807, 2.05) is 19.9 Å². The van der Waals surface area contributed by atoms with Gasteiger partial charge in [-0.25, -0.2) is 4.39 Å². The molecular weight excluding hydrogens is 438 g/mol. The molecule has 0 spiro atoms. The van der Waals surface area contributed by atoms with Crippen molar-refractivity contribution in [2.24, 2.45) is 11.8 Å². The Morgan fingerprint density at radius 1 is 1.28 bits per heavy atom. The maximum atomic E-state index is 14.2. The number of rotatable bonds is 9. The van der Waals surface area contributed by atoms with Crippen molar-refractivity contribution in [2.45, 2.75) is 45.2 Å². The number of carbonyl (C=O) groups excluding carboxylic acids is 1. The molecule has 0 aliphatic rings. The average Bonchev–Trinajstić information content (AvgIpc) is 3.20. The zero-order chi connectivity index (χ0) is 24.5. The van der Waals surface area contributed by atoms with E-state index in [9.17, 15) is 27.5 Å². The predicted molar refractivity (Wildman–Crippen MR) is 100 cm³/mol. The van der Waals surface area contributed by atoms with E-state index in [0.717, 1.165) is 5.56 Å². The van der Waals surface area contributed by atoms with Gasteiger partial charge in [-0.15, -0.1) is 10.2 Å². The third-order valence-corrected chi connectivity index (χ3v) is 4.47. The third kappa shape index (κ3) is 8.57. The van der Waals surface area contributed by atoms with E-state index in [2.05, 4.69) is 26.4 Å². The Kier molecular flexibility index (Phi) is 10.2. The van der Waals surface area contributed by atoms with Gasteiger partial charge in [0.15, 0.2) is 5.82 Å². The molecule has 0 bridgehead atoms. The van der Waals surface area contributed by atoms with Crippen molar-refractivity contribution >= 4 is 11.9 Å². The van der Waals surface area contributed by atoms with Crippen LogP contribution >= 0.6 is 0 Å². The quantitative estimate of drug-likeness (QED) is 0.456. The largest absolute Gasteiger partial charge is 0.542 e. The van der Waals surface area contributed by atoms with Gasteiger partial charge < -0.3 is 20.7 Å². The first-order valence-electron chi connectivity index (χ1n) is 9.67. The molecular formula is C19H25F4N5O4. The van der Waals surface area contributed by atoms with Gasteiger partial charge in [-0.3, -0.25) is 4.79 Å². The summed E-state index contributed by atoms with van der Waals surface area (Å²) in [6.07, 6.45) is -3.80. The Morgan fingerprint density at radius 2 is 1.91 bits per heavy atom. The first kappa shape index (κ1) is 26.9. The van der Waals surface area contributed by atoms with Crippen molar-refractivity contribution < 1.29 is 43.1 Å². The van der Waals surface area contributed by atoms with Gasteiger partial charge in [0, 0.05) is 12.3 Å². The van der Waals surface area contributed by atoms with Gasteiger partial charge in [0.25, 0.3) is 0 Å². The maximum absolute atomic E-state index is 14.2. The van der Waals surface area contributed by atoms with Crippen LogP contribution < -0.4 is 10.8 Å². The van der Waals surface area contributed by atoms with Gasteiger partial charge >= 0.3 is 12.1 Å². The van der Waals surface area contributed by atoms with E-state index in [-0.39, 0.29) is 11.7 Å². The number of hydrogen-bond acceptors (Lipinski definition) is 6. The molecule has 0 aliphatic heterocycles. The maximum Gasteiger partial charge on any atom is 0.430 e. The minimum atomic E-state index is -5.19. The number of halogens is 4. The first-order chi connectivity index (χ1) is 14.9. The number of carbonyl (C=O) groups is 2. The molecule has 1 aromatic heterocycles. The summed E-state index contributed by atoms with van der Waals surface area (Å²) in [5.74, 6) is -4.80. The summed E-state index contributed by atoms with van der Waals surface area (Å²) in [6, 6.07) is 5.03. The topological polar surface area (TPSA) is 160 Å². The number of hydrogen-bond donors (Lipinski definition) is 3. The normalized spacial score (nSPS) is 13.2. The van der Waals surface area contributed by atoms with E-state index in [1.165, 1.54) is 6.07 Å². The summed E-state index contributed by atoms with van der Waals surface area (Å²) in [5.41, 5.74) is 5.07. The molecule has 13 heteroatoms. The van der Waals surface area contributed by atoms with Crippen LogP contribution in [0.25, 0.3) is 0 Å². The van der Waals surface area contributed by atoms with Crippen LogP contribution in [0.15, 0.2) is 18.2 Å². The monoisotopic (exact) mass is 463 g/mol. The van der Waals surface area contributed by atoms with E-state index < -0.39 is 30.0 Å². The molecule has 1 aromatic carbocycles.